The first-order chi connectivity index (χ1) is 15.0. The minimum absolute atomic E-state index is 0.207. The Morgan fingerprint density at radius 2 is 1.77 bits per heavy atom. The van der Waals surface area contributed by atoms with Gasteiger partial charge in [-0.25, -0.2) is 9.97 Å². The summed E-state index contributed by atoms with van der Waals surface area (Å²) in [7, 11) is 0. The van der Waals surface area contributed by atoms with Gasteiger partial charge < -0.3 is 20.4 Å². The molecule has 0 atom stereocenters. The van der Waals surface area contributed by atoms with E-state index < -0.39 is 5.41 Å². The van der Waals surface area contributed by atoms with Crippen molar-refractivity contribution >= 4 is 40.7 Å². The van der Waals surface area contributed by atoms with Gasteiger partial charge in [-0.2, -0.15) is 0 Å². The third-order valence-electron chi connectivity index (χ3n) is 6.25. The van der Waals surface area contributed by atoms with Crippen LogP contribution < -0.4 is 15.5 Å². The zero-order valence-electron chi connectivity index (χ0n) is 17.7. The topological polar surface area (TPSA) is 73.4 Å². The van der Waals surface area contributed by atoms with E-state index in [1.807, 2.05) is 36.1 Å². The Balaban J connectivity index is 1.50. The van der Waals surface area contributed by atoms with Gasteiger partial charge in [-0.1, -0.05) is 35.3 Å². The normalized spacial score (nSPS) is 18.7. The zero-order chi connectivity index (χ0) is 21.8. The highest BCUT2D eigenvalue weighted by atomic mass is 35.5. The lowest BCUT2D eigenvalue weighted by Gasteiger charge is -2.43. The molecule has 9 heteroatoms. The van der Waals surface area contributed by atoms with Crippen LogP contribution in [0.3, 0.4) is 0 Å². The van der Waals surface area contributed by atoms with Crippen molar-refractivity contribution in [1.29, 1.82) is 0 Å². The summed E-state index contributed by atoms with van der Waals surface area (Å²) in [4.78, 5) is 26.5. The summed E-state index contributed by atoms with van der Waals surface area (Å²) >= 11 is 12.6. The number of nitrogens with one attached hydrogen (secondary N) is 2. The van der Waals surface area contributed by atoms with Crippen LogP contribution >= 0.6 is 23.2 Å². The molecule has 0 saturated carbocycles. The van der Waals surface area contributed by atoms with Gasteiger partial charge in [0.25, 0.3) is 0 Å². The van der Waals surface area contributed by atoms with Gasteiger partial charge in [0, 0.05) is 37.7 Å². The molecule has 0 spiro atoms. The van der Waals surface area contributed by atoms with E-state index in [2.05, 4.69) is 25.5 Å². The Kier molecular flexibility index (Phi) is 6.84. The van der Waals surface area contributed by atoms with Crippen molar-refractivity contribution in [2.24, 2.45) is 0 Å². The number of nitrogens with zero attached hydrogens (tertiary/aromatic N) is 4. The summed E-state index contributed by atoms with van der Waals surface area (Å²) in [6.45, 7) is 7.04. The third-order valence-corrected chi connectivity index (χ3v) is 6.85. The van der Waals surface area contributed by atoms with E-state index in [0.717, 1.165) is 38.0 Å². The maximum absolute atomic E-state index is 13.8. The van der Waals surface area contributed by atoms with Gasteiger partial charge in [0.1, 0.15) is 17.2 Å². The third kappa shape index (κ3) is 4.45. The number of carbonyl (C=O) groups is 1. The van der Waals surface area contributed by atoms with Crippen molar-refractivity contribution in [3.63, 3.8) is 0 Å². The number of piperidine rings is 1. The van der Waals surface area contributed by atoms with E-state index in [4.69, 9.17) is 23.2 Å². The summed E-state index contributed by atoms with van der Waals surface area (Å²) in [6, 6.07) is 7.77. The van der Waals surface area contributed by atoms with Crippen LogP contribution in [0.1, 0.15) is 25.3 Å². The molecule has 31 heavy (non-hydrogen) atoms. The number of hydrogen-bond donors (Lipinski definition) is 2. The fourth-order valence-electron chi connectivity index (χ4n) is 4.54. The number of piperazine rings is 1. The molecule has 1 aromatic carbocycles. The van der Waals surface area contributed by atoms with Gasteiger partial charge in [-0.05, 0) is 50.6 Å². The van der Waals surface area contributed by atoms with Crippen molar-refractivity contribution in [2.75, 3.05) is 56.0 Å². The number of rotatable bonds is 5. The lowest BCUT2D eigenvalue weighted by Crippen LogP contribution is -2.57. The second-order valence-corrected chi connectivity index (χ2v) is 8.82. The highest BCUT2D eigenvalue weighted by Crippen LogP contribution is 2.37. The second-order valence-electron chi connectivity index (χ2n) is 8.01. The number of hydrogen-bond acceptors (Lipinski definition) is 6. The smallest absolute Gasteiger partial charge is 0.233 e. The Hall–Kier alpha value is -2.09. The fraction of sp³-hybridized carbons (Fsp3) is 0.500. The lowest BCUT2D eigenvalue weighted by atomic mass is 9.72. The average Bonchev–Trinajstić information content (AvgIpc) is 2.81. The monoisotopic (exact) mass is 462 g/mol. The molecular weight excluding hydrogens is 435 g/mol. The summed E-state index contributed by atoms with van der Waals surface area (Å²) in [5, 5.41) is 7.77. The maximum atomic E-state index is 13.8. The number of amides is 1. The molecule has 166 valence electrons. The van der Waals surface area contributed by atoms with Gasteiger partial charge >= 0.3 is 0 Å². The van der Waals surface area contributed by atoms with Gasteiger partial charge in [0.2, 0.25) is 5.91 Å². The molecule has 0 radical (unpaired) electrons. The summed E-state index contributed by atoms with van der Waals surface area (Å²) in [6.07, 6.45) is 3.11. The Bertz CT molecular complexity index is 909. The molecule has 2 aromatic rings. The highest BCUT2D eigenvalue weighted by Gasteiger charge is 2.44. The first kappa shape index (κ1) is 22.1. The zero-order valence-corrected chi connectivity index (χ0v) is 19.2. The maximum Gasteiger partial charge on any atom is 0.233 e. The summed E-state index contributed by atoms with van der Waals surface area (Å²) in [5.41, 5.74) is 0.558. The lowest BCUT2D eigenvalue weighted by molar-refractivity contribution is -0.139. The number of aromatic nitrogens is 2. The predicted octanol–water partition coefficient (Wildman–Crippen LogP) is 3.19. The first-order valence-electron chi connectivity index (χ1n) is 10.8. The quantitative estimate of drug-likeness (QED) is 0.710. The minimum Gasteiger partial charge on any atom is -0.369 e. The largest absolute Gasteiger partial charge is 0.369 e. The molecule has 1 amide bonds. The Morgan fingerprint density at radius 3 is 2.42 bits per heavy atom. The van der Waals surface area contributed by atoms with Crippen LogP contribution in [-0.4, -0.2) is 66.6 Å². The average molecular weight is 463 g/mol. The molecule has 2 aliphatic heterocycles. The van der Waals surface area contributed by atoms with Crippen molar-refractivity contribution < 1.29 is 4.79 Å². The Morgan fingerprint density at radius 1 is 1.10 bits per heavy atom. The molecule has 0 bridgehead atoms. The fourth-order valence-corrected chi connectivity index (χ4v) is 4.95. The van der Waals surface area contributed by atoms with E-state index in [9.17, 15) is 4.79 Å². The van der Waals surface area contributed by atoms with E-state index >= 15 is 0 Å². The van der Waals surface area contributed by atoms with Crippen molar-refractivity contribution in [2.45, 2.75) is 25.2 Å². The van der Waals surface area contributed by atoms with Gasteiger partial charge in [0.15, 0.2) is 5.82 Å². The summed E-state index contributed by atoms with van der Waals surface area (Å²) in [5.74, 6) is 1.57. The molecule has 2 aliphatic rings. The van der Waals surface area contributed by atoms with Crippen molar-refractivity contribution in [3.8, 4) is 0 Å². The molecular formula is C22H28Cl2N6O. The molecule has 2 saturated heterocycles. The van der Waals surface area contributed by atoms with Crippen LogP contribution in [0.4, 0.5) is 11.6 Å². The number of anilines is 2. The SMILES string of the molecule is CCNc1ncnc(N2CCN(C(=O)C3(c4ccc(Cl)cc4)CCNCC3)CC2)c1Cl. The van der Waals surface area contributed by atoms with Gasteiger partial charge in [-0.15, -0.1) is 0 Å². The highest BCUT2D eigenvalue weighted by molar-refractivity contribution is 6.35. The van der Waals surface area contributed by atoms with Crippen molar-refractivity contribution in [3.05, 3.63) is 46.2 Å². The molecule has 3 heterocycles. The van der Waals surface area contributed by atoms with E-state index in [0.29, 0.717) is 47.9 Å². The summed E-state index contributed by atoms with van der Waals surface area (Å²) < 4.78 is 0. The van der Waals surface area contributed by atoms with Crippen molar-refractivity contribution in [1.82, 2.24) is 20.2 Å². The predicted molar refractivity (Wildman–Crippen MR) is 125 cm³/mol. The van der Waals surface area contributed by atoms with Crippen LogP contribution in [0.25, 0.3) is 0 Å². The van der Waals surface area contributed by atoms with E-state index in [1.165, 1.54) is 6.33 Å². The van der Waals surface area contributed by atoms with Crippen LogP contribution in [0.15, 0.2) is 30.6 Å². The first-order valence-corrected chi connectivity index (χ1v) is 11.6. The van der Waals surface area contributed by atoms with Crippen LogP contribution in [0.5, 0.6) is 0 Å². The molecule has 2 fully saturated rings. The van der Waals surface area contributed by atoms with E-state index in [-0.39, 0.29) is 5.91 Å². The molecule has 4 rings (SSSR count). The number of halogens is 2. The van der Waals surface area contributed by atoms with Crippen LogP contribution in [-0.2, 0) is 10.2 Å². The molecule has 0 aliphatic carbocycles. The van der Waals surface area contributed by atoms with Gasteiger partial charge in [-0.3, -0.25) is 4.79 Å². The van der Waals surface area contributed by atoms with E-state index in [1.54, 1.807) is 0 Å². The Labute approximate surface area is 193 Å². The molecule has 2 N–H and O–H groups in total. The molecule has 7 nitrogen and oxygen atoms in total. The number of benzene rings is 1. The van der Waals surface area contributed by atoms with Crippen LogP contribution in [0.2, 0.25) is 10.0 Å². The minimum atomic E-state index is -0.497. The number of carbonyl (C=O) groups excluding carboxylic acids is 1. The molecule has 1 aromatic heterocycles. The van der Waals surface area contributed by atoms with Gasteiger partial charge in [0.05, 0.1) is 5.41 Å². The molecule has 0 unspecified atom stereocenters. The second kappa shape index (κ2) is 9.59. The van der Waals surface area contributed by atoms with Crippen LogP contribution in [0, 0.1) is 0 Å². The standard InChI is InChI=1S/C22H28Cl2N6O/c1-2-26-19-18(24)20(28-15-27-19)29-11-13-30(14-12-29)21(31)22(7-9-25-10-8-22)16-3-5-17(23)6-4-16/h3-6,15,25H,2,7-14H2,1H3,(H,26,27,28).